The van der Waals surface area contributed by atoms with E-state index < -0.39 is 0 Å². The van der Waals surface area contributed by atoms with Crippen LogP contribution in [-0.4, -0.2) is 35.4 Å². The Morgan fingerprint density at radius 1 is 1.61 bits per heavy atom. The Bertz CT molecular complexity index is 419. The van der Waals surface area contributed by atoms with Gasteiger partial charge in [0.2, 0.25) is 5.91 Å². The number of carbonyl (C=O) groups is 1. The Labute approximate surface area is 117 Å². The molecule has 100 valence electrons. The van der Waals surface area contributed by atoms with Crippen LogP contribution in [0, 0.1) is 6.92 Å². The SMILES string of the molecule is CCC(CSC)N1C(=O)CNC1c1ccc(C)s1. The topological polar surface area (TPSA) is 32.3 Å². The molecule has 1 fully saturated rings. The van der Waals surface area contributed by atoms with E-state index in [0.29, 0.717) is 12.6 Å². The number of nitrogens with one attached hydrogen (secondary N) is 1. The van der Waals surface area contributed by atoms with Crippen molar-refractivity contribution in [1.82, 2.24) is 10.2 Å². The van der Waals surface area contributed by atoms with Crippen molar-refractivity contribution in [1.29, 1.82) is 0 Å². The Kier molecular flexibility index (Phi) is 4.70. The number of amides is 1. The van der Waals surface area contributed by atoms with Crippen LogP contribution in [0.3, 0.4) is 0 Å². The molecule has 0 aliphatic carbocycles. The molecule has 1 aliphatic heterocycles. The van der Waals surface area contributed by atoms with Crippen LogP contribution in [0.4, 0.5) is 0 Å². The summed E-state index contributed by atoms with van der Waals surface area (Å²) in [4.78, 5) is 16.7. The fraction of sp³-hybridized carbons (Fsp3) is 0.615. The monoisotopic (exact) mass is 284 g/mol. The maximum atomic E-state index is 12.1. The van der Waals surface area contributed by atoms with Crippen molar-refractivity contribution < 1.29 is 4.79 Å². The van der Waals surface area contributed by atoms with E-state index in [1.165, 1.54) is 9.75 Å². The Hall–Kier alpha value is -0.520. The molecule has 1 aromatic rings. The lowest BCUT2D eigenvalue weighted by Gasteiger charge is -2.31. The first-order valence-corrected chi connectivity index (χ1v) is 8.48. The van der Waals surface area contributed by atoms with E-state index in [2.05, 4.69) is 37.6 Å². The van der Waals surface area contributed by atoms with E-state index >= 15 is 0 Å². The van der Waals surface area contributed by atoms with Gasteiger partial charge in [-0.1, -0.05) is 6.92 Å². The summed E-state index contributed by atoms with van der Waals surface area (Å²) >= 11 is 3.58. The highest BCUT2D eigenvalue weighted by atomic mass is 32.2. The molecule has 18 heavy (non-hydrogen) atoms. The lowest BCUT2D eigenvalue weighted by molar-refractivity contribution is -0.129. The summed E-state index contributed by atoms with van der Waals surface area (Å²) in [5.41, 5.74) is 0. The van der Waals surface area contributed by atoms with Crippen molar-refractivity contribution in [3.63, 3.8) is 0 Å². The lowest BCUT2D eigenvalue weighted by atomic mass is 10.2. The highest BCUT2D eigenvalue weighted by Gasteiger charge is 2.36. The van der Waals surface area contributed by atoms with Gasteiger partial charge in [0.05, 0.1) is 6.54 Å². The fourth-order valence-electron chi connectivity index (χ4n) is 2.36. The van der Waals surface area contributed by atoms with E-state index in [-0.39, 0.29) is 12.1 Å². The molecule has 5 heteroatoms. The summed E-state index contributed by atoms with van der Waals surface area (Å²) in [5, 5.41) is 3.34. The summed E-state index contributed by atoms with van der Waals surface area (Å²) in [5.74, 6) is 1.23. The van der Waals surface area contributed by atoms with E-state index in [4.69, 9.17) is 0 Å². The highest BCUT2D eigenvalue weighted by Crippen LogP contribution is 2.31. The van der Waals surface area contributed by atoms with E-state index in [1.807, 2.05) is 16.7 Å². The Balaban J connectivity index is 2.21. The first kappa shape index (κ1) is 13.9. The largest absolute Gasteiger partial charge is 0.317 e. The predicted molar refractivity (Wildman–Crippen MR) is 79.1 cm³/mol. The van der Waals surface area contributed by atoms with Crippen molar-refractivity contribution in [3.8, 4) is 0 Å². The van der Waals surface area contributed by atoms with Crippen LogP contribution in [0.2, 0.25) is 0 Å². The molecule has 1 amide bonds. The average molecular weight is 284 g/mol. The summed E-state index contributed by atoms with van der Waals surface area (Å²) < 4.78 is 0. The first-order chi connectivity index (χ1) is 8.67. The molecule has 2 atom stereocenters. The first-order valence-electron chi connectivity index (χ1n) is 6.27. The summed E-state index contributed by atoms with van der Waals surface area (Å²) in [6.45, 7) is 4.73. The number of carbonyl (C=O) groups excluding carboxylic acids is 1. The molecule has 3 nitrogen and oxygen atoms in total. The standard InChI is InChI=1S/C13H20N2OS2/c1-4-10(8-17-3)15-12(16)7-14-13(15)11-6-5-9(2)18-11/h5-6,10,13-14H,4,7-8H2,1-3H3. The van der Waals surface area contributed by atoms with Gasteiger partial charge >= 0.3 is 0 Å². The Morgan fingerprint density at radius 2 is 2.39 bits per heavy atom. The van der Waals surface area contributed by atoms with Crippen molar-refractivity contribution in [3.05, 3.63) is 21.9 Å². The van der Waals surface area contributed by atoms with Crippen LogP contribution >= 0.6 is 23.1 Å². The van der Waals surface area contributed by atoms with Gasteiger partial charge in [-0.3, -0.25) is 10.1 Å². The zero-order chi connectivity index (χ0) is 13.1. The van der Waals surface area contributed by atoms with Crippen LogP contribution < -0.4 is 5.32 Å². The molecular weight excluding hydrogens is 264 g/mol. The van der Waals surface area contributed by atoms with E-state index in [9.17, 15) is 4.79 Å². The molecule has 1 aromatic heterocycles. The van der Waals surface area contributed by atoms with Crippen LogP contribution in [0.15, 0.2) is 12.1 Å². The fourth-order valence-corrected chi connectivity index (χ4v) is 4.09. The van der Waals surface area contributed by atoms with Crippen molar-refractivity contribution in [2.45, 2.75) is 32.5 Å². The van der Waals surface area contributed by atoms with Crippen molar-refractivity contribution >= 4 is 29.0 Å². The van der Waals surface area contributed by atoms with Gasteiger partial charge in [0, 0.05) is 21.5 Å². The molecule has 2 unspecified atom stereocenters. The molecule has 1 N–H and O–H groups in total. The van der Waals surface area contributed by atoms with Gasteiger partial charge in [-0.15, -0.1) is 11.3 Å². The minimum atomic E-state index is 0.0771. The Morgan fingerprint density at radius 3 is 2.94 bits per heavy atom. The van der Waals surface area contributed by atoms with Gasteiger partial charge < -0.3 is 4.90 Å². The van der Waals surface area contributed by atoms with Gasteiger partial charge in [-0.2, -0.15) is 11.8 Å². The minimum absolute atomic E-state index is 0.0771. The maximum absolute atomic E-state index is 12.1. The maximum Gasteiger partial charge on any atom is 0.238 e. The number of thiophene rings is 1. The van der Waals surface area contributed by atoms with Crippen LogP contribution in [0.5, 0.6) is 0 Å². The second-order valence-electron chi connectivity index (χ2n) is 4.55. The minimum Gasteiger partial charge on any atom is -0.317 e. The van der Waals surface area contributed by atoms with Crippen LogP contribution in [0.25, 0.3) is 0 Å². The van der Waals surface area contributed by atoms with Crippen LogP contribution in [-0.2, 0) is 4.79 Å². The average Bonchev–Trinajstić information content (AvgIpc) is 2.93. The second-order valence-corrected chi connectivity index (χ2v) is 6.78. The summed E-state index contributed by atoms with van der Waals surface area (Å²) in [6.07, 6.45) is 3.18. The zero-order valence-electron chi connectivity index (χ0n) is 11.1. The van der Waals surface area contributed by atoms with Gasteiger partial charge in [0.25, 0.3) is 0 Å². The van der Waals surface area contributed by atoms with Crippen LogP contribution in [0.1, 0.15) is 29.3 Å². The molecule has 1 aliphatic rings. The van der Waals surface area contributed by atoms with Gasteiger partial charge in [0.15, 0.2) is 0 Å². The van der Waals surface area contributed by atoms with Crippen molar-refractivity contribution in [2.24, 2.45) is 0 Å². The highest BCUT2D eigenvalue weighted by molar-refractivity contribution is 7.98. The number of hydrogen-bond donors (Lipinski definition) is 1. The number of aryl methyl sites for hydroxylation is 1. The molecule has 2 heterocycles. The molecule has 1 saturated heterocycles. The predicted octanol–water partition coefficient (Wildman–Crippen LogP) is 2.63. The number of nitrogens with zero attached hydrogens (tertiary/aromatic N) is 1. The third-order valence-electron chi connectivity index (χ3n) is 3.27. The van der Waals surface area contributed by atoms with Gasteiger partial charge in [0.1, 0.15) is 6.17 Å². The quantitative estimate of drug-likeness (QED) is 0.902. The summed E-state index contributed by atoms with van der Waals surface area (Å²) in [7, 11) is 0. The number of thioether (sulfide) groups is 1. The molecular formula is C13H20N2OS2. The molecule has 0 aromatic carbocycles. The normalized spacial score (nSPS) is 21.6. The van der Waals surface area contributed by atoms with Crippen molar-refractivity contribution in [2.75, 3.05) is 18.6 Å². The third kappa shape index (κ3) is 2.73. The lowest BCUT2D eigenvalue weighted by Crippen LogP contribution is -2.40. The number of rotatable bonds is 5. The molecule has 0 spiro atoms. The van der Waals surface area contributed by atoms with E-state index in [1.54, 1.807) is 11.3 Å². The molecule has 2 rings (SSSR count). The summed E-state index contributed by atoms with van der Waals surface area (Å²) in [6, 6.07) is 4.59. The smallest absolute Gasteiger partial charge is 0.238 e. The van der Waals surface area contributed by atoms with E-state index in [0.717, 1.165) is 12.2 Å². The molecule has 0 saturated carbocycles. The molecule has 0 radical (unpaired) electrons. The molecule has 0 bridgehead atoms. The number of hydrogen-bond acceptors (Lipinski definition) is 4. The van der Waals surface area contributed by atoms with Gasteiger partial charge in [-0.25, -0.2) is 0 Å². The third-order valence-corrected chi connectivity index (χ3v) is 5.04. The van der Waals surface area contributed by atoms with Gasteiger partial charge in [-0.05, 0) is 31.7 Å². The second kappa shape index (κ2) is 6.08. The zero-order valence-corrected chi connectivity index (χ0v) is 12.7.